The van der Waals surface area contributed by atoms with E-state index in [0.29, 0.717) is 17.4 Å². The molecule has 5 rings (SSSR count). The number of hydrogen-bond donors (Lipinski definition) is 1. The Hall–Kier alpha value is -3.40. The third kappa shape index (κ3) is 4.24. The molecule has 0 aromatic carbocycles. The zero-order valence-corrected chi connectivity index (χ0v) is 17.9. The van der Waals surface area contributed by atoms with Gasteiger partial charge in [0.1, 0.15) is 35.8 Å². The lowest BCUT2D eigenvalue weighted by Gasteiger charge is -2.11. The summed E-state index contributed by atoms with van der Waals surface area (Å²) >= 11 is 1.74. The predicted molar refractivity (Wildman–Crippen MR) is 116 cm³/mol. The fraction of sp³-hybridized carbons (Fsp3) is 0.333. The summed E-state index contributed by atoms with van der Waals surface area (Å²) in [6, 6.07) is 3.68. The van der Waals surface area contributed by atoms with E-state index >= 15 is 0 Å². The highest BCUT2D eigenvalue weighted by molar-refractivity contribution is 7.18. The SMILES string of the molecule is Cc1ccnc(NC(=O)Cn2cc(COc3ncnc4sc5c(c34)CCCC5)nn2)c1. The van der Waals surface area contributed by atoms with E-state index < -0.39 is 0 Å². The van der Waals surface area contributed by atoms with Gasteiger partial charge in [-0.25, -0.2) is 19.6 Å². The van der Waals surface area contributed by atoms with Crippen LogP contribution in [0.5, 0.6) is 5.88 Å². The van der Waals surface area contributed by atoms with Gasteiger partial charge in [-0.05, 0) is 55.9 Å². The van der Waals surface area contributed by atoms with Crippen LogP contribution in [0, 0.1) is 6.92 Å². The Balaban J connectivity index is 1.24. The number of fused-ring (bicyclic) bond motifs is 3. The van der Waals surface area contributed by atoms with Crippen molar-refractivity contribution >= 4 is 33.3 Å². The van der Waals surface area contributed by atoms with Gasteiger partial charge in [0.15, 0.2) is 0 Å². The minimum atomic E-state index is -0.224. The second-order valence-electron chi connectivity index (χ2n) is 7.53. The van der Waals surface area contributed by atoms with Crippen LogP contribution < -0.4 is 10.1 Å². The van der Waals surface area contributed by atoms with Crippen LogP contribution in [0.4, 0.5) is 5.82 Å². The van der Waals surface area contributed by atoms with Crippen LogP contribution in [0.15, 0.2) is 30.9 Å². The number of aromatic nitrogens is 6. The zero-order valence-electron chi connectivity index (χ0n) is 17.0. The summed E-state index contributed by atoms with van der Waals surface area (Å²) in [5.41, 5.74) is 2.97. The predicted octanol–water partition coefficient (Wildman–Crippen LogP) is 3.08. The van der Waals surface area contributed by atoms with E-state index in [1.165, 1.54) is 28.0 Å². The summed E-state index contributed by atoms with van der Waals surface area (Å²) in [5, 5.41) is 11.9. The van der Waals surface area contributed by atoms with Crippen LogP contribution in [-0.2, 0) is 30.8 Å². The number of aryl methyl sites for hydroxylation is 3. The second kappa shape index (κ2) is 8.38. The molecule has 0 bridgehead atoms. The Labute approximate surface area is 182 Å². The van der Waals surface area contributed by atoms with Gasteiger partial charge < -0.3 is 10.1 Å². The Kier molecular flexibility index (Phi) is 5.29. The largest absolute Gasteiger partial charge is 0.470 e. The van der Waals surface area contributed by atoms with E-state index in [2.05, 4.69) is 30.6 Å². The van der Waals surface area contributed by atoms with Crippen molar-refractivity contribution in [2.75, 3.05) is 5.32 Å². The molecule has 0 unspecified atom stereocenters. The Morgan fingerprint density at radius 2 is 2.16 bits per heavy atom. The third-order valence-electron chi connectivity index (χ3n) is 5.15. The quantitative estimate of drug-likeness (QED) is 0.496. The maximum absolute atomic E-state index is 12.2. The summed E-state index contributed by atoms with van der Waals surface area (Å²) in [6.45, 7) is 2.20. The number of anilines is 1. The molecule has 1 aliphatic carbocycles. The van der Waals surface area contributed by atoms with Gasteiger partial charge in [0.2, 0.25) is 11.8 Å². The van der Waals surface area contributed by atoms with E-state index in [9.17, 15) is 4.79 Å². The molecule has 4 heterocycles. The number of carbonyl (C=O) groups is 1. The molecule has 0 radical (unpaired) electrons. The molecule has 9 nitrogen and oxygen atoms in total. The molecular formula is C21H21N7O2S. The number of pyridine rings is 1. The van der Waals surface area contributed by atoms with Crippen molar-refractivity contribution in [3.05, 3.63) is 52.6 Å². The first kappa shape index (κ1) is 19.6. The lowest BCUT2D eigenvalue weighted by molar-refractivity contribution is -0.116. The number of hydrogen-bond acceptors (Lipinski definition) is 8. The van der Waals surface area contributed by atoms with Crippen molar-refractivity contribution in [1.82, 2.24) is 29.9 Å². The van der Waals surface area contributed by atoms with Crippen molar-refractivity contribution in [2.24, 2.45) is 0 Å². The molecule has 0 atom stereocenters. The summed E-state index contributed by atoms with van der Waals surface area (Å²) in [6.07, 6.45) is 9.45. The molecule has 10 heteroatoms. The lowest BCUT2D eigenvalue weighted by Crippen LogP contribution is -2.19. The first-order chi connectivity index (χ1) is 15.2. The van der Waals surface area contributed by atoms with Crippen molar-refractivity contribution in [1.29, 1.82) is 0 Å². The van der Waals surface area contributed by atoms with Crippen molar-refractivity contribution < 1.29 is 9.53 Å². The lowest BCUT2D eigenvalue weighted by atomic mass is 9.97. The summed E-state index contributed by atoms with van der Waals surface area (Å²) in [4.78, 5) is 27.5. The molecule has 158 valence electrons. The summed E-state index contributed by atoms with van der Waals surface area (Å²) < 4.78 is 7.46. The first-order valence-electron chi connectivity index (χ1n) is 10.2. The topological polar surface area (TPSA) is 108 Å². The summed E-state index contributed by atoms with van der Waals surface area (Å²) in [5.74, 6) is 0.876. The third-order valence-corrected chi connectivity index (χ3v) is 6.35. The van der Waals surface area contributed by atoms with Crippen molar-refractivity contribution in [3.63, 3.8) is 0 Å². The molecule has 4 aromatic heterocycles. The van der Waals surface area contributed by atoms with Crippen LogP contribution >= 0.6 is 11.3 Å². The average molecular weight is 436 g/mol. The van der Waals surface area contributed by atoms with Gasteiger partial charge in [-0.1, -0.05) is 5.21 Å². The normalized spacial score (nSPS) is 13.2. The Bertz CT molecular complexity index is 1250. The van der Waals surface area contributed by atoms with Crippen molar-refractivity contribution in [3.8, 4) is 5.88 Å². The molecular weight excluding hydrogens is 414 g/mol. The molecule has 1 N–H and O–H groups in total. The Morgan fingerprint density at radius 1 is 1.26 bits per heavy atom. The Morgan fingerprint density at radius 3 is 3.06 bits per heavy atom. The van der Waals surface area contributed by atoms with E-state index in [1.54, 1.807) is 30.1 Å². The van der Waals surface area contributed by atoms with Crippen LogP contribution in [0.25, 0.3) is 10.2 Å². The van der Waals surface area contributed by atoms with E-state index in [1.807, 2.05) is 19.1 Å². The standard InChI is InChI=1S/C21H21N7O2S/c1-13-6-7-22-17(8-13)25-18(29)10-28-9-14(26-27-28)11-30-20-19-15-4-2-3-5-16(15)31-21(19)24-12-23-20/h6-9,12H,2-5,10-11H2,1H3,(H,22,25,29). The molecule has 0 saturated heterocycles. The van der Waals surface area contributed by atoms with Crippen LogP contribution in [-0.4, -0.2) is 35.9 Å². The van der Waals surface area contributed by atoms with E-state index in [0.717, 1.165) is 28.6 Å². The molecule has 31 heavy (non-hydrogen) atoms. The molecule has 0 saturated carbocycles. The van der Waals surface area contributed by atoms with Crippen LogP contribution in [0.3, 0.4) is 0 Å². The van der Waals surface area contributed by atoms with Crippen molar-refractivity contribution in [2.45, 2.75) is 45.8 Å². The number of nitrogens with zero attached hydrogens (tertiary/aromatic N) is 6. The minimum absolute atomic E-state index is 0.0401. The molecule has 0 fully saturated rings. The van der Waals surface area contributed by atoms with Gasteiger partial charge in [-0.15, -0.1) is 16.4 Å². The van der Waals surface area contributed by atoms with E-state index in [4.69, 9.17) is 4.74 Å². The maximum Gasteiger partial charge on any atom is 0.247 e. The zero-order chi connectivity index (χ0) is 21.2. The maximum atomic E-state index is 12.2. The minimum Gasteiger partial charge on any atom is -0.470 e. The average Bonchev–Trinajstić information content (AvgIpc) is 3.36. The first-order valence-corrected chi connectivity index (χ1v) is 11.0. The molecule has 1 aliphatic rings. The number of ether oxygens (including phenoxy) is 1. The van der Waals surface area contributed by atoms with Gasteiger partial charge >= 0.3 is 0 Å². The summed E-state index contributed by atoms with van der Waals surface area (Å²) in [7, 11) is 0. The van der Waals surface area contributed by atoms with Gasteiger partial charge in [-0.2, -0.15) is 0 Å². The highest BCUT2D eigenvalue weighted by atomic mass is 32.1. The smallest absolute Gasteiger partial charge is 0.247 e. The van der Waals surface area contributed by atoms with Gasteiger partial charge in [0, 0.05) is 11.1 Å². The fourth-order valence-electron chi connectivity index (χ4n) is 3.73. The number of nitrogens with one attached hydrogen (secondary N) is 1. The second-order valence-corrected chi connectivity index (χ2v) is 8.62. The van der Waals surface area contributed by atoms with Crippen LogP contribution in [0.2, 0.25) is 0 Å². The molecule has 0 spiro atoms. The number of thiophene rings is 1. The number of rotatable bonds is 6. The van der Waals surface area contributed by atoms with Gasteiger partial charge in [0.25, 0.3) is 0 Å². The van der Waals surface area contributed by atoms with Gasteiger partial charge in [-0.3, -0.25) is 4.79 Å². The monoisotopic (exact) mass is 435 g/mol. The highest BCUT2D eigenvalue weighted by Crippen LogP contribution is 2.39. The highest BCUT2D eigenvalue weighted by Gasteiger charge is 2.20. The molecule has 4 aromatic rings. The van der Waals surface area contributed by atoms with Crippen LogP contribution in [0.1, 0.15) is 34.5 Å². The van der Waals surface area contributed by atoms with Gasteiger partial charge in [0.05, 0.1) is 11.6 Å². The van der Waals surface area contributed by atoms with E-state index in [-0.39, 0.29) is 19.1 Å². The molecule has 1 amide bonds. The molecule has 0 aliphatic heterocycles. The number of amides is 1. The fourth-order valence-corrected chi connectivity index (χ4v) is 4.95. The number of carbonyl (C=O) groups excluding carboxylic acids is 1.